The van der Waals surface area contributed by atoms with Crippen LogP contribution in [-0.4, -0.2) is 37.7 Å². The number of sulfone groups is 1. The van der Waals surface area contributed by atoms with Crippen molar-refractivity contribution in [1.82, 2.24) is 0 Å². The van der Waals surface area contributed by atoms with Crippen LogP contribution in [0.25, 0.3) is 0 Å². The second-order valence-corrected chi connectivity index (χ2v) is 7.86. The Balaban J connectivity index is 2.99. The summed E-state index contributed by atoms with van der Waals surface area (Å²) >= 11 is 0. The Morgan fingerprint density at radius 3 is 2.27 bits per heavy atom. The highest BCUT2D eigenvalue weighted by molar-refractivity contribution is 7.91. The normalized spacial score (nSPS) is 32.9. The van der Waals surface area contributed by atoms with E-state index in [0.29, 0.717) is 6.42 Å². The van der Waals surface area contributed by atoms with Gasteiger partial charge in [0.2, 0.25) is 0 Å². The summed E-state index contributed by atoms with van der Waals surface area (Å²) in [5.41, 5.74) is 4.69. The van der Waals surface area contributed by atoms with Gasteiger partial charge in [0.15, 0.2) is 9.84 Å². The average molecular weight is 235 g/mol. The lowest BCUT2D eigenvalue weighted by Crippen LogP contribution is -2.49. The largest absolute Gasteiger partial charge is 0.392 e. The Bertz CT molecular complexity index is 331. The predicted octanol–water partition coefficient (Wildman–Crippen LogP) is 0.157. The molecule has 1 aliphatic rings. The zero-order valence-corrected chi connectivity index (χ0v) is 10.5. The van der Waals surface area contributed by atoms with Crippen molar-refractivity contribution in [3.8, 4) is 0 Å². The molecule has 3 N–H and O–H groups in total. The van der Waals surface area contributed by atoms with Crippen molar-refractivity contribution >= 4 is 9.84 Å². The van der Waals surface area contributed by atoms with Gasteiger partial charge in [0, 0.05) is 12.0 Å². The van der Waals surface area contributed by atoms with Crippen LogP contribution < -0.4 is 5.73 Å². The van der Waals surface area contributed by atoms with Crippen molar-refractivity contribution in [1.29, 1.82) is 0 Å². The Kier molecular flexibility index (Phi) is 3.20. The molecule has 1 heterocycles. The maximum atomic E-state index is 11.5. The number of aliphatic hydroxyl groups excluding tert-OH is 1. The van der Waals surface area contributed by atoms with Crippen LogP contribution in [0.3, 0.4) is 0 Å². The minimum atomic E-state index is -3.01. The summed E-state index contributed by atoms with van der Waals surface area (Å²) in [5.74, 6) is 0.173. The smallest absolute Gasteiger partial charge is 0.151 e. The third kappa shape index (κ3) is 2.52. The van der Waals surface area contributed by atoms with Crippen LogP contribution >= 0.6 is 0 Å². The Labute approximate surface area is 91.8 Å². The molecular weight excluding hydrogens is 214 g/mol. The number of hydrogen-bond acceptors (Lipinski definition) is 4. The SMILES string of the molecule is CC(C)(C)C(O)C1(CN)CCS(=O)(=O)C1. The van der Waals surface area contributed by atoms with Crippen LogP contribution in [0.2, 0.25) is 0 Å². The van der Waals surface area contributed by atoms with Crippen molar-refractivity contribution in [2.75, 3.05) is 18.1 Å². The van der Waals surface area contributed by atoms with E-state index < -0.39 is 21.4 Å². The second kappa shape index (κ2) is 3.71. The maximum Gasteiger partial charge on any atom is 0.151 e. The first-order chi connectivity index (χ1) is 6.63. The highest BCUT2D eigenvalue weighted by Crippen LogP contribution is 2.41. The molecule has 5 heteroatoms. The van der Waals surface area contributed by atoms with Crippen LogP contribution in [0.4, 0.5) is 0 Å². The zero-order valence-electron chi connectivity index (χ0n) is 9.66. The summed E-state index contributed by atoms with van der Waals surface area (Å²) in [4.78, 5) is 0. The monoisotopic (exact) mass is 235 g/mol. The first-order valence-corrected chi connectivity index (χ1v) is 7.04. The second-order valence-electron chi connectivity index (χ2n) is 5.68. The molecule has 15 heavy (non-hydrogen) atoms. The molecule has 1 saturated heterocycles. The van der Waals surface area contributed by atoms with Crippen LogP contribution in [0.15, 0.2) is 0 Å². The fourth-order valence-electron chi connectivity index (χ4n) is 2.35. The molecule has 1 fully saturated rings. The molecule has 0 radical (unpaired) electrons. The molecule has 4 nitrogen and oxygen atoms in total. The summed E-state index contributed by atoms with van der Waals surface area (Å²) < 4.78 is 22.9. The van der Waals surface area contributed by atoms with Gasteiger partial charge in [-0.25, -0.2) is 8.42 Å². The molecule has 0 saturated carbocycles. The molecule has 2 unspecified atom stereocenters. The van der Waals surface area contributed by atoms with Crippen LogP contribution in [0.5, 0.6) is 0 Å². The number of aliphatic hydroxyl groups is 1. The van der Waals surface area contributed by atoms with Gasteiger partial charge < -0.3 is 10.8 Å². The molecule has 0 bridgehead atoms. The number of hydrogen-bond donors (Lipinski definition) is 2. The minimum Gasteiger partial charge on any atom is -0.392 e. The lowest BCUT2D eigenvalue weighted by Gasteiger charge is -2.39. The third-order valence-corrected chi connectivity index (χ3v) is 5.07. The van der Waals surface area contributed by atoms with Gasteiger partial charge >= 0.3 is 0 Å². The lowest BCUT2D eigenvalue weighted by atomic mass is 9.70. The van der Waals surface area contributed by atoms with Crippen LogP contribution in [0.1, 0.15) is 27.2 Å². The molecule has 1 rings (SSSR count). The molecule has 0 aromatic heterocycles. The molecule has 2 atom stereocenters. The topological polar surface area (TPSA) is 80.4 Å². The van der Waals surface area contributed by atoms with Gasteiger partial charge in [-0.2, -0.15) is 0 Å². The fraction of sp³-hybridized carbons (Fsp3) is 1.00. The van der Waals surface area contributed by atoms with Gasteiger partial charge in [-0.3, -0.25) is 0 Å². The van der Waals surface area contributed by atoms with Crippen molar-refractivity contribution < 1.29 is 13.5 Å². The highest BCUT2D eigenvalue weighted by atomic mass is 32.2. The van der Waals surface area contributed by atoms with Crippen LogP contribution in [0, 0.1) is 10.8 Å². The molecule has 0 aromatic rings. The lowest BCUT2D eigenvalue weighted by molar-refractivity contribution is -0.0332. The summed E-state index contributed by atoms with van der Waals surface area (Å²) in [5, 5.41) is 10.2. The molecule has 0 aromatic carbocycles. The quantitative estimate of drug-likeness (QED) is 0.714. The summed E-state index contributed by atoms with van der Waals surface area (Å²) in [6.07, 6.45) is -0.197. The van der Waals surface area contributed by atoms with E-state index in [2.05, 4.69) is 0 Å². The Morgan fingerprint density at radius 2 is 2.00 bits per heavy atom. The van der Waals surface area contributed by atoms with Crippen molar-refractivity contribution in [3.05, 3.63) is 0 Å². The third-order valence-electron chi connectivity index (χ3n) is 3.23. The minimum absolute atomic E-state index is 0.0228. The molecule has 0 aliphatic carbocycles. The number of nitrogens with two attached hydrogens (primary N) is 1. The summed E-state index contributed by atoms with van der Waals surface area (Å²) in [6, 6.07) is 0. The Morgan fingerprint density at radius 1 is 1.47 bits per heavy atom. The predicted molar refractivity (Wildman–Crippen MR) is 60.2 cm³/mol. The summed E-state index contributed by atoms with van der Waals surface area (Å²) in [6.45, 7) is 5.94. The molecule has 1 aliphatic heterocycles. The van der Waals surface area contributed by atoms with Crippen LogP contribution in [-0.2, 0) is 9.84 Å². The first-order valence-electron chi connectivity index (χ1n) is 5.22. The maximum absolute atomic E-state index is 11.5. The first kappa shape index (κ1) is 12.9. The van der Waals surface area contributed by atoms with E-state index in [-0.39, 0.29) is 23.5 Å². The highest BCUT2D eigenvalue weighted by Gasteiger charge is 2.49. The van der Waals surface area contributed by atoms with E-state index in [9.17, 15) is 13.5 Å². The van der Waals surface area contributed by atoms with Crippen molar-refractivity contribution in [2.45, 2.75) is 33.3 Å². The van der Waals surface area contributed by atoms with E-state index in [1.807, 2.05) is 20.8 Å². The van der Waals surface area contributed by atoms with E-state index in [0.717, 1.165) is 0 Å². The van der Waals surface area contributed by atoms with Gasteiger partial charge in [0.05, 0.1) is 17.6 Å². The zero-order chi connectivity index (χ0) is 11.9. The Hall–Kier alpha value is -0.130. The van der Waals surface area contributed by atoms with E-state index >= 15 is 0 Å². The van der Waals surface area contributed by atoms with Gasteiger partial charge in [-0.1, -0.05) is 20.8 Å². The molecule has 90 valence electrons. The molecule has 0 spiro atoms. The van der Waals surface area contributed by atoms with Gasteiger partial charge in [0.25, 0.3) is 0 Å². The fourth-order valence-corrected chi connectivity index (χ4v) is 4.51. The summed E-state index contributed by atoms with van der Waals surface area (Å²) in [7, 11) is -3.01. The van der Waals surface area contributed by atoms with E-state index in [1.165, 1.54) is 0 Å². The standard InChI is InChI=1S/C10H21NO3S/c1-9(2,3)8(12)10(6-11)4-5-15(13,14)7-10/h8,12H,4-7,11H2,1-3H3. The van der Waals surface area contributed by atoms with E-state index in [1.54, 1.807) is 0 Å². The average Bonchev–Trinajstić information content (AvgIpc) is 2.40. The van der Waals surface area contributed by atoms with Crippen molar-refractivity contribution in [2.24, 2.45) is 16.6 Å². The molecule has 0 amide bonds. The van der Waals surface area contributed by atoms with Gasteiger partial charge in [-0.05, 0) is 11.8 Å². The van der Waals surface area contributed by atoms with Gasteiger partial charge in [0.1, 0.15) is 0 Å². The van der Waals surface area contributed by atoms with Gasteiger partial charge in [-0.15, -0.1) is 0 Å². The van der Waals surface area contributed by atoms with E-state index in [4.69, 9.17) is 5.73 Å². The van der Waals surface area contributed by atoms with Crippen molar-refractivity contribution in [3.63, 3.8) is 0 Å². The number of rotatable bonds is 2. The molecular formula is C10H21NO3S.